The quantitative estimate of drug-likeness (QED) is 0.718. The van der Waals surface area contributed by atoms with Crippen molar-refractivity contribution >= 4 is 17.3 Å². The van der Waals surface area contributed by atoms with Gasteiger partial charge in [0.1, 0.15) is 0 Å². The van der Waals surface area contributed by atoms with E-state index in [1.54, 1.807) is 22.7 Å². The first kappa shape index (κ1) is 17.7. The molecule has 2 aromatic heterocycles. The fraction of sp³-hybridized carbons (Fsp3) is 0.250. The van der Waals surface area contributed by atoms with Crippen molar-refractivity contribution in [3.05, 3.63) is 71.8 Å². The van der Waals surface area contributed by atoms with Gasteiger partial charge in [-0.2, -0.15) is 0 Å². The van der Waals surface area contributed by atoms with E-state index < -0.39 is 0 Å². The van der Waals surface area contributed by atoms with Gasteiger partial charge in [-0.05, 0) is 23.6 Å². The van der Waals surface area contributed by atoms with Crippen LogP contribution in [-0.2, 0) is 6.54 Å². The molecular weight excluding hydrogens is 328 g/mol. The van der Waals surface area contributed by atoms with E-state index in [1.807, 2.05) is 50.2 Å². The summed E-state index contributed by atoms with van der Waals surface area (Å²) in [6.07, 6.45) is 1.74. The van der Waals surface area contributed by atoms with Gasteiger partial charge in [-0.1, -0.05) is 50.2 Å². The van der Waals surface area contributed by atoms with E-state index in [1.165, 1.54) is 0 Å². The number of rotatable bonds is 6. The van der Waals surface area contributed by atoms with Gasteiger partial charge in [-0.15, -0.1) is 0 Å². The van der Waals surface area contributed by atoms with Crippen molar-refractivity contribution < 1.29 is 9.59 Å². The molecule has 26 heavy (non-hydrogen) atoms. The fourth-order valence-corrected chi connectivity index (χ4v) is 2.60. The molecule has 0 radical (unpaired) electrons. The van der Waals surface area contributed by atoms with Crippen LogP contribution in [0.2, 0.25) is 0 Å². The van der Waals surface area contributed by atoms with Gasteiger partial charge in [0, 0.05) is 19.3 Å². The molecule has 0 bridgehead atoms. The molecule has 0 aliphatic carbocycles. The van der Waals surface area contributed by atoms with Crippen LogP contribution in [0.15, 0.2) is 54.7 Å². The second-order valence-electron chi connectivity index (χ2n) is 6.51. The summed E-state index contributed by atoms with van der Waals surface area (Å²) in [4.78, 5) is 29.4. The van der Waals surface area contributed by atoms with E-state index in [2.05, 4.69) is 15.6 Å². The van der Waals surface area contributed by atoms with Crippen molar-refractivity contribution in [3.63, 3.8) is 0 Å². The van der Waals surface area contributed by atoms with E-state index in [0.717, 1.165) is 5.56 Å². The summed E-state index contributed by atoms with van der Waals surface area (Å²) in [7, 11) is 0. The van der Waals surface area contributed by atoms with Crippen molar-refractivity contribution in [2.24, 2.45) is 5.92 Å². The Kier molecular flexibility index (Phi) is 5.31. The fourth-order valence-electron chi connectivity index (χ4n) is 2.60. The molecule has 0 fully saturated rings. The summed E-state index contributed by atoms with van der Waals surface area (Å²) in [6.45, 7) is 5.00. The van der Waals surface area contributed by atoms with Gasteiger partial charge in [0.2, 0.25) is 5.82 Å². The third kappa shape index (κ3) is 3.91. The Balaban J connectivity index is 1.84. The molecule has 1 aromatic carbocycles. The molecule has 0 saturated carbocycles. The largest absolute Gasteiger partial charge is 0.350 e. The van der Waals surface area contributed by atoms with Crippen LogP contribution in [-0.4, -0.2) is 27.7 Å². The molecule has 2 heterocycles. The summed E-state index contributed by atoms with van der Waals surface area (Å²) in [5.74, 6) is -0.0600. The SMILES string of the molecule is CC(C)CNC(=O)c1nc(C(=O)NCc2ccccc2)n2ccccc12. The molecule has 0 aliphatic rings. The average molecular weight is 350 g/mol. The van der Waals surface area contributed by atoms with Gasteiger partial charge in [0.25, 0.3) is 11.8 Å². The number of aromatic nitrogens is 2. The van der Waals surface area contributed by atoms with Crippen LogP contribution in [0.4, 0.5) is 0 Å². The minimum absolute atomic E-state index is 0.200. The lowest BCUT2D eigenvalue weighted by molar-refractivity contribution is 0.0939. The van der Waals surface area contributed by atoms with Crippen molar-refractivity contribution in [2.45, 2.75) is 20.4 Å². The standard InChI is InChI=1S/C20H22N4O2/c1-14(2)12-21-19(25)17-16-10-6-7-11-24(16)18(23-17)20(26)22-13-15-8-4-3-5-9-15/h3-11,14H,12-13H2,1-2H3,(H,21,25)(H,22,26). The summed E-state index contributed by atoms with van der Waals surface area (Å²) in [5.41, 5.74) is 1.87. The van der Waals surface area contributed by atoms with Crippen LogP contribution in [0.5, 0.6) is 0 Å². The van der Waals surface area contributed by atoms with Gasteiger partial charge in [-0.3, -0.25) is 14.0 Å². The topological polar surface area (TPSA) is 75.5 Å². The van der Waals surface area contributed by atoms with Crippen molar-refractivity contribution in [1.29, 1.82) is 0 Å². The van der Waals surface area contributed by atoms with Crippen LogP contribution in [0.3, 0.4) is 0 Å². The second-order valence-corrected chi connectivity index (χ2v) is 6.51. The minimum Gasteiger partial charge on any atom is -0.350 e. The highest BCUT2D eigenvalue weighted by Crippen LogP contribution is 2.13. The molecule has 0 spiro atoms. The van der Waals surface area contributed by atoms with E-state index in [4.69, 9.17) is 0 Å². The normalized spacial score (nSPS) is 10.9. The maximum Gasteiger partial charge on any atom is 0.287 e. The van der Waals surface area contributed by atoms with Crippen molar-refractivity contribution in [1.82, 2.24) is 20.0 Å². The van der Waals surface area contributed by atoms with E-state index >= 15 is 0 Å². The first-order valence-corrected chi connectivity index (χ1v) is 8.63. The van der Waals surface area contributed by atoms with Gasteiger partial charge in [0.05, 0.1) is 5.52 Å². The first-order valence-electron chi connectivity index (χ1n) is 8.63. The number of pyridine rings is 1. The predicted octanol–water partition coefficient (Wildman–Crippen LogP) is 2.65. The number of amides is 2. The van der Waals surface area contributed by atoms with Crippen molar-refractivity contribution in [2.75, 3.05) is 6.54 Å². The maximum absolute atomic E-state index is 12.6. The predicted molar refractivity (Wildman–Crippen MR) is 100.0 cm³/mol. The number of fused-ring (bicyclic) bond motifs is 1. The zero-order chi connectivity index (χ0) is 18.5. The Morgan fingerprint density at radius 2 is 1.73 bits per heavy atom. The molecule has 0 saturated heterocycles. The Morgan fingerprint density at radius 1 is 1.00 bits per heavy atom. The summed E-state index contributed by atoms with van der Waals surface area (Å²) in [5, 5.41) is 5.71. The minimum atomic E-state index is -0.321. The molecule has 0 aliphatic heterocycles. The third-order valence-corrected chi connectivity index (χ3v) is 3.93. The maximum atomic E-state index is 12.6. The number of carbonyl (C=O) groups is 2. The second kappa shape index (κ2) is 7.82. The van der Waals surface area contributed by atoms with Crippen LogP contribution in [0.25, 0.3) is 5.52 Å². The molecule has 3 aromatic rings. The molecule has 2 N–H and O–H groups in total. The Labute approximate surface area is 152 Å². The van der Waals surface area contributed by atoms with Gasteiger partial charge in [-0.25, -0.2) is 4.98 Å². The number of hydrogen-bond acceptors (Lipinski definition) is 3. The molecule has 2 amide bonds. The van der Waals surface area contributed by atoms with Gasteiger partial charge >= 0.3 is 0 Å². The monoisotopic (exact) mass is 350 g/mol. The lowest BCUT2D eigenvalue weighted by Gasteiger charge is -2.05. The third-order valence-electron chi connectivity index (χ3n) is 3.93. The highest BCUT2D eigenvalue weighted by molar-refractivity contribution is 6.02. The lowest BCUT2D eigenvalue weighted by Crippen LogP contribution is -2.28. The number of imidazole rings is 1. The molecule has 134 valence electrons. The number of benzene rings is 1. The number of nitrogens with zero attached hydrogens (tertiary/aromatic N) is 2. The molecule has 6 heteroatoms. The Hall–Kier alpha value is -3.15. The molecular formula is C20H22N4O2. The van der Waals surface area contributed by atoms with E-state index in [-0.39, 0.29) is 23.3 Å². The number of hydrogen-bond donors (Lipinski definition) is 2. The molecule has 3 rings (SSSR count). The van der Waals surface area contributed by atoms with Crippen LogP contribution < -0.4 is 10.6 Å². The summed E-state index contributed by atoms with van der Waals surface area (Å²) in [6, 6.07) is 15.1. The van der Waals surface area contributed by atoms with Crippen LogP contribution in [0.1, 0.15) is 40.5 Å². The summed E-state index contributed by atoms with van der Waals surface area (Å²) < 4.78 is 1.64. The van der Waals surface area contributed by atoms with Crippen LogP contribution >= 0.6 is 0 Å². The smallest absolute Gasteiger partial charge is 0.287 e. The highest BCUT2D eigenvalue weighted by Gasteiger charge is 2.21. The zero-order valence-electron chi connectivity index (χ0n) is 14.9. The molecule has 0 unspecified atom stereocenters. The van der Waals surface area contributed by atoms with Crippen LogP contribution in [0, 0.1) is 5.92 Å². The Bertz CT molecular complexity index is 916. The van der Waals surface area contributed by atoms with Gasteiger partial charge < -0.3 is 10.6 Å². The first-order chi connectivity index (χ1) is 12.6. The van der Waals surface area contributed by atoms with Gasteiger partial charge in [0.15, 0.2) is 5.69 Å². The Morgan fingerprint density at radius 3 is 2.46 bits per heavy atom. The van der Waals surface area contributed by atoms with E-state index in [0.29, 0.717) is 24.5 Å². The lowest BCUT2D eigenvalue weighted by atomic mass is 10.2. The average Bonchev–Trinajstić information content (AvgIpc) is 3.05. The summed E-state index contributed by atoms with van der Waals surface area (Å²) >= 11 is 0. The highest BCUT2D eigenvalue weighted by atomic mass is 16.2. The van der Waals surface area contributed by atoms with E-state index in [9.17, 15) is 9.59 Å². The molecule has 6 nitrogen and oxygen atoms in total. The zero-order valence-corrected chi connectivity index (χ0v) is 14.9. The van der Waals surface area contributed by atoms with Crippen molar-refractivity contribution in [3.8, 4) is 0 Å². The number of carbonyl (C=O) groups excluding carboxylic acids is 2. The molecule has 0 atom stereocenters. The number of nitrogens with one attached hydrogen (secondary N) is 2.